The first-order valence-electron chi connectivity index (χ1n) is 8.32. The molecule has 26 heavy (non-hydrogen) atoms. The van der Waals surface area contributed by atoms with Gasteiger partial charge in [0.1, 0.15) is 12.4 Å². The minimum atomic E-state index is -3.68. The molecule has 0 aliphatic heterocycles. The van der Waals surface area contributed by atoms with Gasteiger partial charge in [-0.3, -0.25) is 0 Å². The average molecular weight is 379 g/mol. The Morgan fingerprint density at radius 2 is 1.81 bits per heavy atom. The lowest BCUT2D eigenvalue weighted by atomic mass is 10.1. The van der Waals surface area contributed by atoms with E-state index >= 15 is 0 Å². The molecular formula is C19H22FNO4S. The van der Waals surface area contributed by atoms with Crippen molar-refractivity contribution in [1.29, 1.82) is 0 Å². The lowest BCUT2D eigenvalue weighted by Gasteiger charge is -2.20. The Bertz CT molecular complexity index is 892. The largest absolute Gasteiger partial charge is 0.457 e. The number of nitrogens with zero attached hydrogens (tertiary/aromatic N) is 1. The molecule has 0 unspecified atom stereocenters. The van der Waals surface area contributed by atoms with E-state index in [0.29, 0.717) is 24.2 Å². The highest BCUT2D eigenvalue weighted by molar-refractivity contribution is 7.89. The van der Waals surface area contributed by atoms with Crippen LogP contribution in [0.25, 0.3) is 0 Å². The fourth-order valence-electron chi connectivity index (χ4n) is 2.57. The number of ether oxygens (including phenoxy) is 1. The number of carbonyl (C=O) groups excluding carboxylic acids is 1. The fourth-order valence-corrected chi connectivity index (χ4v) is 4.28. The quantitative estimate of drug-likeness (QED) is 0.691. The van der Waals surface area contributed by atoms with Gasteiger partial charge in [0, 0.05) is 13.1 Å². The second kappa shape index (κ2) is 8.42. The second-order valence-corrected chi connectivity index (χ2v) is 7.68. The molecule has 0 aliphatic carbocycles. The Morgan fingerprint density at radius 1 is 1.12 bits per heavy atom. The van der Waals surface area contributed by atoms with Gasteiger partial charge in [0.2, 0.25) is 10.0 Å². The third-order valence-corrected chi connectivity index (χ3v) is 6.20. The molecule has 0 amide bonds. The van der Waals surface area contributed by atoms with Gasteiger partial charge in [-0.2, -0.15) is 4.31 Å². The summed E-state index contributed by atoms with van der Waals surface area (Å²) in [7, 11) is -3.68. The highest BCUT2D eigenvalue weighted by Gasteiger charge is 2.25. The highest BCUT2D eigenvalue weighted by Crippen LogP contribution is 2.22. The van der Waals surface area contributed by atoms with E-state index in [-0.39, 0.29) is 17.1 Å². The number of rotatable bonds is 7. The number of sulfonamides is 1. The summed E-state index contributed by atoms with van der Waals surface area (Å²) >= 11 is 0. The van der Waals surface area contributed by atoms with E-state index in [2.05, 4.69) is 0 Å². The number of esters is 1. The molecule has 140 valence electrons. The van der Waals surface area contributed by atoms with Crippen LogP contribution >= 0.6 is 0 Å². The summed E-state index contributed by atoms with van der Waals surface area (Å²) in [5, 5.41) is 0. The summed E-state index contributed by atoms with van der Waals surface area (Å²) in [6, 6.07) is 10.2. The number of carbonyl (C=O) groups is 1. The maximum Gasteiger partial charge on any atom is 0.338 e. The predicted molar refractivity (Wildman–Crippen MR) is 96.8 cm³/mol. The maximum atomic E-state index is 13.2. The predicted octanol–water partition coefficient (Wildman–Crippen LogP) is 3.52. The molecule has 0 spiro atoms. The number of aryl methyl sites for hydroxylation is 1. The van der Waals surface area contributed by atoms with E-state index in [1.165, 1.54) is 34.6 Å². The Labute approximate surface area is 153 Å². The smallest absolute Gasteiger partial charge is 0.338 e. The van der Waals surface area contributed by atoms with Gasteiger partial charge in [-0.05, 0) is 42.3 Å². The van der Waals surface area contributed by atoms with Crippen molar-refractivity contribution in [3.05, 3.63) is 65.0 Å². The maximum absolute atomic E-state index is 13.2. The zero-order valence-electron chi connectivity index (χ0n) is 15.0. The molecule has 7 heteroatoms. The molecule has 0 fully saturated rings. The number of hydrogen-bond acceptors (Lipinski definition) is 4. The Morgan fingerprint density at radius 3 is 2.42 bits per heavy atom. The van der Waals surface area contributed by atoms with E-state index in [0.717, 1.165) is 0 Å². The SMILES string of the molecule is CCN(CC)S(=O)(=O)c1cc(C(=O)OCc2cccc(F)c2)ccc1C. The molecule has 2 aromatic carbocycles. The third kappa shape index (κ3) is 4.47. The first-order valence-corrected chi connectivity index (χ1v) is 9.76. The number of hydrogen-bond donors (Lipinski definition) is 0. The number of benzene rings is 2. The topological polar surface area (TPSA) is 63.7 Å². The van der Waals surface area contributed by atoms with Crippen LogP contribution in [0.2, 0.25) is 0 Å². The van der Waals surface area contributed by atoms with Gasteiger partial charge in [0.25, 0.3) is 0 Å². The first kappa shape index (κ1) is 20.1. The highest BCUT2D eigenvalue weighted by atomic mass is 32.2. The van der Waals surface area contributed by atoms with Crippen molar-refractivity contribution in [2.75, 3.05) is 13.1 Å². The van der Waals surface area contributed by atoms with Crippen molar-refractivity contribution in [2.45, 2.75) is 32.3 Å². The van der Waals surface area contributed by atoms with Crippen molar-refractivity contribution in [3.63, 3.8) is 0 Å². The van der Waals surface area contributed by atoms with Gasteiger partial charge in [0.15, 0.2) is 0 Å². The van der Waals surface area contributed by atoms with Crippen molar-refractivity contribution in [3.8, 4) is 0 Å². The van der Waals surface area contributed by atoms with Crippen LogP contribution in [0.1, 0.15) is 35.3 Å². The standard InChI is InChI=1S/C19H22FNO4S/c1-4-21(5-2)26(23,24)18-12-16(10-9-14(18)3)19(22)25-13-15-7-6-8-17(20)11-15/h6-12H,4-5,13H2,1-3H3. The van der Waals surface area contributed by atoms with Crippen LogP contribution in [0.4, 0.5) is 4.39 Å². The lowest BCUT2D eigenvalue weighted by molar-refractivity contribution is 0.0472. The van der Waals surface area contributed by atoms with E-state index in [1.54, 1.807) is 32.9 Å². The Kier molecular flexibility index (Phi) is 6.50. The van der Waals surface area contributed by atoms with Gasteiger partial charge in [0.05, 0.1) is 10.5 Å². The molecule has 0 saturated carbocycles. The Balaban J connectivity index is 2.24. The second-order valence-electron chi connectivity index (χ2n) is 5.78. The lowest BCUT2D eigenvalue weighted by Crippen LogP contribution is -2.31. The monoisotopic (exact) mass is 379 g/mol. The van der Waals surface area contributed by atoms with Crippen molar-refractivity contribution in [1.82, 2.24) is 4.31 Å². The molecule has 2 rings (SSSR count). The molecule has 0 bridgehead atoms. The zero-order chi connectivity index (χ0) is 19.3. The van der Waals surface area contributed by atoms with E-state index in [4.69, 9.17) is 4.74 Å². The number of halogens is 1. The van der Waals surface area contributed by atoms with Gasteiger partial charge in [-0.25, -0.2) is 17.6 Å². The molecule has 0 atom stereocenters. The normalized spacial score (nSPS) is 11.6. The van der Waals surface area contributed by atoms with Crippen LogP contribution in [0.5, 0.6) is 0 Å². The fraction of sp³-hybridized carbons (Fsp3) is 0.316. The zero-order valence-corrected chi connectivity index (χ0v) is 15.8. The van der Waals surface area contributed by atoms with Gasteiger partial charge < -0.3 is 4.74 Å². The van der Waals surface area contributed by atoms with Gasteiger partial charge >= 0.3 is 5.97 Å². The van der Waals surface area contributed by atoms with Crippen LogP contribution in [0.3, 0.4) is 0 Å². The minimum absolute atomic E-state index is 0.0846. The summed E-state index contributed by atoms with van der Waals surface area (Å²) in [5.41, 5.74) is 1.21. The minimum Gasteiger partial charge on any atom is -0.457 e. The average Bonchev–Trinajstić information content (AvgIpc) is 2.60. The van der Waals surface area contributed by atoms with Gasteiger partial charge in [-0.1, -0.05) is 32.0 Å². The molecule has 0 N–H and O–H groups in total. The molecule has 0 aromatic heterocycles. The molecule has 0 saturated heterocycles. The van der Waals surface area contributed by atoms with Crippen LogP contribution in [0.15, 0.2) is 47.4 Å². The Hall–Kier alpha value is -2.25. The van der Waals surface area contributed by atoms with Gasteiger partial charge in [-0.15, -0.1) is 0 Å². The summed E-state index contributed by atoms with van der Waals surface area (Å²) in [6.07, 6.45) is 0. The van der Waals surface area contributed by atoms with Crippen LogP contribution in [0, 0.1) is 12.7 Å². The first-order chi connectivity index (χ1) is 12.3. The molecular weight excluding hydrogens is 357 g/mol. The molecule has 5 nitrogen and oxygen atoms in total. The van der Waals surface area contributed by atoms with E-state index in [9.17, 15) is 17.6 Å². The molecule has 0 radical (unpaired) electrons. The van der Waals surface area contributed by atoms with E-state index in [1.807, 2.05) is 0 Å². The van der Waals surface area contributed by atoms with Crippen molar-refractivity contribution in [2.24, 2.45) is 0 Å². The summed E-state index contributed by atoms with van der Waals surface area (Å²) in [4.78, 5) is 12.4. The van der Waals surface area contributed by atoms with Crippen LogP contribution in [-0.2, 0) is 21.4 Å². The summed E-state index contributed by atoms with van der Waals surface area (Å²) in [5.74, 6) is -1.08. The summed E-state index contributed by atoms with van der Waals surface area (Å²) < 4.78 is 45.2. The molecule has 0 aliphatic rings. The van der Waals surface area contributed by atoms with Crippen LogP contribution < -0.4 is 0 Å². The molecule has 0 heterocycles. The van der Waals surface area contributed by atoms with Crippen molar-refractivity contribution < 1.29 is 22.3 Å². The van der Waals surface area contributed by atoms with E-state index < -0.39 is 21.8 Å². The van der Waals surface area contributed by atoms with Crippen molar-refractivity contribution >= 4 is 16.0 Å². The third-order valence-electron chi connectivity index (χ3n) is 4.01. The van der Waals surface area contributed by atoms with Crippen LogP contribution in [-0.4, -0.2) is 31.8 Å². The summed E-state index contributed by atoms with van der Waals surface area (Å²) in [6.45, 7) is 5.78. The molecule has 2 aromatic rings.